The molecular weight excluding hydrogens is 232 g/mol. The molecule has 0 aliphatic rings. The maximum atomic E-state index is 6.19. The van der Waals surface area contributed by atoms with Crippen molar-refractivity contribution in [1.29, 1.82) is 0 Å². The van der Waals surface area contributed by atoms with Crippen molar-refractivity contribution in [1.82, 2.24) is 9.38 Å². The van der Waals surface area contributed by atoms with Gasteiger partial charge in [0.2, 0.25) is 0 Å². The van der Waals surface area contributed by atoms with Crippen molar-refractivity contribution in [3.8, 4) is 0 Å². The molecule has 3 aromatic rings. The first kappa shape index (κ1) is 10.4. The Morgan fingerprint density at radius 2 is 1.82 bits per heavy atom. The Morgan fingerprint density at radius 3 is 2.65 bits per heavy atom. The first-order chi connectivity index (χ1) is 8.34. The molecule has 0 fully saturated rings. The zero-order chi connectivity index (χ0) is 11.7. The van der Waals surface area contributed by atoms with E-state index >= 15 is 0 Å². The van der Waals surface area contributed by atoms with Crippen LogP contribution in [0.1, 0.15) is 11.4 Å². The van der Waals surface area contributed by atoms with Gasteiger partial charge in [0.15, 0.2) is 0 Å². The Kier molecular flexibility index (Phi) is 2.57. The van der Waals surface area contributed by atoms with Crippen molar-refractivity contribution in [3.05, 3.63) is 71.3 Å². The van der Waals surface area contributed by atoms with Crippen LogP contribution in [0.15, 0.2) is 54.7 Å². The Bertz CT molecular complexity index is 644. The van der Waals surface area contributed by atoms with Gasteiger partial charge in [-0.1, -0.05) is 48.0 Å². The lowest BCUT2D eigenvalue weighted by molar-refractivity contribution is 0.962. The van der Waals surface area contributed by atoms with Crippen molar-refractivity contribution < 1.29 is 0 Å². The van der Waals surface area contributed by atoms with Crippen molar-refractivity contribution >= 4 is 17.1 Å². The van der Waals surface area contributed by atoms with Crippen LogP contribution in [0, 0.1) is 0 Å². The Hall–Kier alpha value is -1.80. The standard InChI is InChI=1S/C14H11ClN2/c15-13-8-4-7-12-10-16-14(17(12)13)9-11-5-2-1-3-6-11/h1-8,10H,9H2. The smallest absolute Gasteiger partial charge is 0.118 e. The molecule has 0 atom stereocenters. The zero-order valence-electron chi connectivity index (χ0n) is 9.18. The number of hydrogen-bond donors (Lipinski definition) is 0. The van der Waals surface area contributed by atoms with Crippen LogP contribution in [0.5, 0.6) is 0 Å². The average molecular weight is 243 g/mol. The molecule has 0 saturated heterocycles. The molecule has 0 unspecified atom stereocenters. The maximum absolute atomic E-state index is 6.19. The summed E-state index contributed by atoms with van der Waals surface area (Å²) in [5.41, 5.74) is 2.27. The summed E-state index contributed by atoms with van der Waals surface area (Å²) < 4.78 is 1.98. The van der Waals surface area contributed by atoms with Gasteiger partial charge in [-0.25, -0.2) is 4.98 Å². The molecule has 2 nitrogen and oxygen atoms in total. The van der Waals surface area contributed by atoms with Crippen LogP contribution in [0.3, 0.4) is 0 Å². The largest absolute Gasteiger partial charge is 0.287 e. The monoisotopic (exact) mass is 242 g/mol. The van der Waals surface area contributed by atoms with E-state index in [1.807, 2.05) is 47.0 Å². The molecule has 17 heavy (non-hydrogen) atoms. The second-order valence-corrected chi connectivity index (χ2v) is 4.33. The lowest BCUT2D eigenvalue weighted by Gasteiger charge is -2.03. The van der Waals surface area contributed by atoms with Crippen molar-refractivity contribution in [2.24, 2.45) is 0 Å². The summed E-state index contributed by atoms with van der Waals surface area (Å²) in [6, 6.07) is 16.1. The topological polar surface area (TPSA) is 17.3 Å². The number of fused-ring (bicyclic) bond motifs is 1. The third kappa shape index (κ3) is 1.92. The number of halogens is 1. The molecule has 0 saturated carbocycles. The maximum Gasteiger partial charge on any atom is 0.118 e. The zero-order valence-corrected chi connectivity index (χ0v) is 9.93. The summed E-state index contributed by atoms with van der Waals surface area (Å²) >= 11 is 6.19. The number of aromatic nitrogens is 2. The summed E-state index contributed by atoms with van der Waals surface area (Å²) in [4.78, 5) is 4.43. The molecule has 2 heterocycles. The highest BCUT2D eigenvalue weighted by atomic mass is 35.5. The molecule has 0 spiro atoms. The molecule has 0 amide bonds. The fourth-order valence-corrected chi connectivity index (χ4v) is 2.24. The predicted octanol–water partition coefficient (Wildman–Crippen LogP) is 3.58. The molecular formula is C14H11ClN2. The van der Waals surface area contributed by atoms with E-state index in [-0.39, 0.29) is 0 Å². The number of benzene rings is 1. The van der Waals surface area contributed by atoms with E-state index in [4.69, 9.17) is 11.6 Å². The SMILES string of the molecule is Clc1cccc2cnc(Cc3ccccc3)n12. The first-order valence-corrected chi connectivity index (χ1v) is 5.87. The molecule has 0 bridgehead atoms. The second kappa shape index (κ2) is 4.22. The van der Waals surface area contributed by atoms with Crippen molar-refractivity contribution in [2.45, 2.75) is 6.42 Å². The van der Waals surface area contributed by atoms with Crippen LogP contribution in [-0.4, -0.2) is 9.38 Å². The summed E-state index contributed by atoms with van der Waals surface area (Å²) in [6.45, 7) is 0. The third-order valence-corrected chi connectivity index (χ3v) is 3.08. The summed E-state index contributed by atoms with van der Waals surface area (Å²) in [5.74, 6) is 0.969. The van der Waals surface area contributed by atoms with Gasteiger partial charge in [0.05, 0.1) is 11.7 Å². The lowest BCUT2D eigenvalue weighted by Crippen LogP contribution is -1.97. The minimum atomic E-state index is 0.700. The molecule has 0 aliphatic carbocycles. The molecule has 3 heteroatoms. The van der Waals surface area contributed by atoms with Gasteiger partial charge in [0.1, 0.15) is 11.0 Å². The van der Waals surface area contributed by atoms with Crippen LogP contribution in [-0.2, 0) is 6.42 Å². The Balaban J connectivity index is 2.07. The molecule has 0 radical (unpaired) electrons. The number of rotatable bonds is 2. The fourth-order valence-electron chi connectivity index (χ4n) is 1.97. The molecule has 1 aromatic carbocycles. The van der Waals surface area contributed by atoms with Gasteiger partial charge in [0.25, 0.3) is 0 Å². The van der Waals surface area contributed by atoms with Gasteiger partial charge in [-0.3, -0.25) is 4.40 Å². The Morgan fingerprint density at radius 1 is 1.00 bits per heavy atom. The molecule has 3 rings (SSSR count). The van der Waals surface area contributed by atoms with Crippen molar-refractivity contribution in [3.63, 3.8) is 0 Å². The third-order valence-electron chi connectivity index (χ3n) is 2.78. The highest BCUT2D eigenvalue weighted by Gasteiger charge is 2.06. The van der Waals surface area contributed by atoms with E-state index in [1.165, 1.54) is 5.56 Å². The summed E-state index contributed by atoms with van der Waals surface area (Å²) in [6.07, 6.45) is 2.64. The van der Waals surface area contributed by atoms with Crippen LogP contribution in [0.25, 0.3) is 5.52 Å². The molecule has 0 N–H and O–H groups in total. The van der Waals surface area contributed by atoms with Crippen LogP contribution < -0.4 is 0 Å². The molecule has 2 aromatic heterocycles. The highest BCUT2D eigenvalue weighted by Crippen LogP contribution is 2.17. The number of hydrogen-bond acceptors (Lipinski definition) is 1. The van der Waals surface area contributed by atoms with E-state index in [9.17, 15) is 0 Å². The van der Waals surface area contributed by atoms with Gasteiger partial charge in [-0.05, 0) is 17.7 Å². The van der Waals surface area contributed by atoms with E-state index in [0.29, 0.717) is 5.15 Å². The van der Waals surface area contributed by atoms with E-state index in [1.54, 1.807) is 0 Å². The van der Waals surface area contributed by atoms with E-state index in [0.717, 1.165) is 17.8 Å². The minimum Gasteiger partial charge on any atom is -0.287 e. The molecule has 0 aliphatic heterocycles. The van der Waals surface area contributed by atoms with Gasteiger partial charge in [-0.2, -0.15) is 0 Å². The highest BCUT2D eigenvalue weighted by molar-refractivity contribution is 6.29. The van der Waals surface area contributed by atoms with E-state index in [2.05, 4.69) is 17.1 Å². The normalized spacial score (nSPS) is 10.9. The number of imidazole rings is 1. The van der Waals surface area contributed by atoms with Gasteiger partial charge in [-0.15, -0.1) is 0 Å². The average Bonchev–Trinajstić information content (AvgIpc) is 2.75. The number of pyridine rings is 1. The van der Waals surface area contributed by atoms with Crippen LogP contribution >= 0.6 is 11.6 Å². The molecule has 84 valence electrons. The van der Waals surface area contributed by atoms with Gasteiger partial charge < -0.3 is 0 Å². The van der Waals surface area contributed by atoms with Crippen molar-refractivity contribution in [2.75, 3.05) is 0 Å². The fraction of sp³-hybridized carbons (Fsp3) is 0.0714. The van der Waals surface area contributed by atoms with E-state index < -0.39 is 0 Å². The van der Waals surface area contributed by atoms with Crippen LogP contribution in [0.4, 0.5) is 0 Å². The van der Waals surface area contributed by atoms with Gasteiger partial charge in [0, 0.05) is 6.42 Å². The predicted molar refractivity (Wildman–Crippen MR) is 69.5 cm³/mol. The first-order valence-electron chi connectivity index (χ1n) is 5.49. The second-order valence-electron chi connectivity index (χ2n) is 3.95. The number of nitrogens with zero attached hydrogens (tertiary/aromatic N) is 2. The summed E-state index contributed by atoms with van der Waals surface area (Å²) in [7, 11) is 0. The quantitative estimate of drug-likeness (QED) is 0.628. The van der Waals surface area contributed by atoms with Crippen LogP contribution in [0.2, 0.25) is 5.15 Å². The Labute approximate surface area is 104 Å². The summed E-state index contributed by atoms with van der Waals surface area (Å²) in [5, 5.41) is 0.700. The lowest BCUT2D eigenvalue weighted by atomic mass is 10.1. The minimum absolute atomic E-state index is 0.700. The van der Waals surface area contributed by atoms with Gasteiger partial charge >= 0.3 is 0 Å².